The molecule has 4 nitrogen and oxygen atoms in total. The summed E-state index contributed by atoms with van der Waals surface area (Å²) >= 11 is 1.98. The van der Waals surface area contributed by atoms with Crippen LogP contribution in [0.3, 0.4) is 0 Å². The topological polar surface area (TPSA) is 32.8 Å². The summed E-state index contributed by atoms with van der Waals surface area (Å²) in [5, 5.41) is 7.08. The minimum absolute atomic E-state index is 0.130. The summed E-state index contributed by atoms with van der Waals surface area (Å²) in [6.07, 6.45) is 2.54. The van der Waals surface area contributed by atoms with E-state index < -0.39 is 0 Å². The smallest absolute Gasteiger partial charge is 0.159 e. The second-order valence-electron chi connectivity index (χ2n) is 17.9. The Morgan fingerprint density at radius 3 is 1.54 bits per heavy atom. The number of para-hydroxylation sites is 4. The summed E-state index contributed by atoms with van der Waals surface area (Å²) in [4.78, 5) is 6.20. The molecule has 0 bridgehead atoms. The van der Waals surface area contributed by atoms with Gasteiger partial charge in [0.15, 0.2) is 11.2 Å². The van der Waals surface area contributed by atoms with E-state index in [1.165, 1.54) is 54.6 Å². The molecule has 2 aromatic heterocycles. The van der Waals surface area contributed by atoms with E-state index in [9.17, 15) is 0 Å². The Bertz CT molecular complexity index is 3760. The van der Waals surface area contributed by atoms with Gasteiger partial charge in [0.25, 0.3) is 0 Å². The first kappa shape index (κ1) is 38.0. The van der Waals surface area contributed by atoms with Crippen molar-refractivity contribution in [2.45, 2.75) is 43.8 Å². The second-order valence-corrected chi connectivity index (χ2v) is 19.1. The van der Waals surface area contributed by atoms with Crippen LogP contribution in [-0.2, 0) is 0 Å². The van der Waals surface area contributed by atoms with E-state index in [0.717, 1.165) is 78.0 Å². The van der Waals surface area contributed by atoms with Gasteiger partial charge in [0.1, 0.15) is 11.2 Å². The molecule has 0 spiro atoms. The highest BCUT2D eigenvalue weighted by molar-refractivity contribution is 8.00. The number of anilines is 5. The molecule has 9 aromatic carbocycles. The van der Waals surface area contributed by atoms with E-state index in [1.807, 2.05) is 11.8 Å². The molecule has 13 rings (SSSR count). The zero-order chi connectivity index (χ0) is 43.5. The van der Waals surface area contributed by atoms with Gasteiger partial charge in [-0.25, -0.2) is 0 Å². The summed E-state index contributed by atoms with van der Waals surface area (Å²) in [6, 6.07) is 64.2. The highest BCUT2D eigenvalue weighted by Crippen LogP contribution is 2.59. The van der Waals surface area contributed by atoms with Crippen LogP contribution in [-0.4, -0.2) is 5.25 Å². The average Bonchev–Trinajstić information content (AvgIpc) is 4.01. The summed E-state index contributed by atoms with van der Waals surface area (Å²) in [5.41, 5.74) is 19.0. The predicted octanol–water partition coefficient (Wildman–Crippen LogP) is 17.1. The predicted molar refractivity (Wildman–Crippen MR) is 273 cm³/mol. The maximum absolute atomic E-state index is 6.79. The molecular formula is C60H44N2O2S. The van der Waals surface area contributed by atoms with E-state index >= 15 is 0 Å². The van der Waals surface area contributed by atoms with Gasteiger partial charge in [-0.3, -0.25) is 0 Å². The number of fused-ring (bicyclic) bond motifs is 13. The monoisotopic (exact) mass is 856 g/mol. The third-order valence-electron chi connectivity index (χ3n) is 13.5. The van der Waals surface area contributed by atoms with Gasteiger partial charge in [-0.15, -0.1) is 11.8 Å². The van der Waals surface area contributed by atoms with Crippen LogP contribution in [0.2, 0.25) is 0 Å². The van der Waals surface area contributed by atoms with Crippen LogP contribution in [0.25, 0.3) is 60.3 Å². The van der Waals surface area contributed by atoms with Crippen LogP contribution in [0.4, 0.5) is 28.4 Å². The molecule has 3 heterocycles. The lowest BCUT2D eigenvalue weighted by atomic mass is 9.78. The van der Waals surface area contributed by atoms with Gasteiger partial charge in [0.2, 0.25) is 0 Å². The number of furan rings is 2. The molecule has 0 radical (unpaired) electrons. The third kappa shape index (κ3) is 5.92. The fourth-order valence-corrected chi connectivity index (χ4v) is 12.5. The molecule has 11 aromatic rings. The van der Waals surface area contributed by atoms with Crippen LogP contribution in [0.15, 0.2) is 196 Å². The number of nitrogens with zero attached hydrogens (tertiary/aromatic N) is 2. The van der Waals surface area contributed by atoms with Crippen LogP contribution in [0.1, 0.15) is 44.9 Å². The van der Waals surface area contributed by atoms with Gasteiger partial charge in [0, 0.05) is 59.9 Å². The second kappa shape index (κ2) is 14.5. The molecule has 2 atom stereocenters. The highest BCUT2D eigenvalue weighted by atomic mass is 32.2. The Labute approximate surface area is 382 Å². The Kier molecular flexibility index (Phi) is 8.50. The van der Waals surface area contributed by atoms with Crippen LogP contribution >= 0.6 is 11.8 Å². The molecule has 2 unspecified atom stereocenters. The van der Waals surface area contributed by atoms with Gasteiger partial charge in [-0.1, -0.05) is 121 Å². The van der Waals surface area contributed by atoms with Crippen molar-refractivity contribution in [3.05, 3.63) is 221 Å². The number of hydrogen-bond acceptors (Lipinski definition) is 5. The van der Waals surface area contributed by atoms with E-state index in [2.05, 4.69) is 219 Å². The van der Waals surface area contributed by atoms with Crippen molar-refractivity contribution in [1.29, 1.82) is 0 Å². The van der Waals surface area contributed by atoms with Crippen molar-refractivity contribution >= 4 is 101 Å². The zero-order valence-corrected chi connectivity index (χ0v) is 37.4. The molecule has 0 N–H and O–H groups in total. The van der Waals surface area contributed by atoms with Crippen LogP contribution in [0, 0.1) is 27.7 Å². The van der Waals surface area contributed by atoms with Crippen molar-refractivity contribution in [3.63, 3.8) is 0 Å². The fourth-order valence-electron chi connectivity index (χ4n) is 11.0. The first-order chi connectivity index (χ1) is 31.9. The van der Waals surface area contributed by atoms with Crippen molar-refractivity contribution in [2.75, 3.05) is 9.80 Å². The van der Waals surface area contributed by atoms with Crippen molar-refractivity contribution < 1.29 is 8.83 Å². The highest BCUT2D eigenvalue weighted by Gasteiger charge is 2.42. The Hall–Kier alpha value is -7.47. The molecular weight excluding hydrogens is 813 g/mol. The lowest BCUT2D eigenvalue weighted by molar-refractivity contribution is 0.668. The summed E-state index contributed by atoms with van der Waals surface area (Å²) in [6.45, 7) is 8.76. The first-order valence-corrected chi connectivity index (χ1v) is 23.3. The van der Waals surface area contributed by atoms with Gasteiger partial charge < -0.3 is 18.6 Å². The Morgan fingerprint density at radius 1 is 0.431 bits per heavy atom. The average molecular weight is 857 g/mol. The third-order valence-corrected chi connectivity index (χ3v) is 14.8. The van der Waals surface area contributed by atoms with E-state index in [0.29, 0.717) is 0 Å². The normalized spacial score (nSPS) is 15.4. The van der Waals surface area contributed by atoms with E-state index in [1.54, 1.807) is 0 Å². The number of aryl methyl sites for hydroxylation is 4. The molecule has 312 valence electrons. The molecule has 0 amide bonds. The van der Waals surface area contributed by atoms with Gasteiger partial charge in [0.05, 0.1) is 22.8 Å². The Morgan fingerprint density at radius 2 is 0.923 bits per heavy atom. The standard InChI is InChI=1S/C60H44N2O2S/c1-35-27-36(2)30-39(29-35)61(49-23-13-21-47-43-17-9-11-25-53(43)63-59(47)49)51-33-55-57(45-19-7-5-15-41(45)51)58-46-20-8-6-16-42(46)52(34-56(58)65-55)62(40-31-37(3)28-38(4)32-40)50-24-14-22-48-44-18-10-12-26-54(44)64-60(48)50/h5-34,55,57H,1-4H3. The van der Waals surface area contributed by atoms with Gasteiger partial charge >= 0.3 is 0 Å². The largest absolute Gasteiger partial charge is 0.454 e. The van der Waals surface area contributed by atoms with Crippen molar-refractivity contribution in [3.8, 4) is 0 Å². The zero-order valence-electron chi connectivity index (χ0n) is 36.6. The molecule has 0 fully saturated rings. The number of hydrogen-bond donors (Lipinski definition) is 0. The number of rotatable bonds is 6. The number of benzene rings is 9. The van der Waals surface area contributed by atoms with Crippen LogP contribution < -0.4 is 9.80 Å². The lowest BCUT2D eigenvalue weighted by Crippen LogP contribution is -2.25. The van der Waals surface area contributed by atoms with E-state index in [4.69, 9.17) is 8.83 Å². The van der Waals surface area contributed by atoms with Gasteiger partial charge in [-0.05, 0) is 127 Å². The Balaban J connectivity index is 1.04. The van der Waals surface area contributed by atoms with E-state index in [-0.39, 0.29) is 11.2 Å². The molecule has 65 heavy (non-hydrogen) atoms. The summed E-state index contributed by atoms with van der Waals surface area (Å²) < 4.78 is 13.6. The SMILES string of the molecule is Cc1cc(C)cc(N(C2=CC3Sc4cc(N(c5cc(C)cc(C)c5)c5cccc6c5oc5ccccc56)c5ccccc5c4C3c3ccccc32)c2cccc3c2oc2ccccc23)c1. The molecule has 0 saturated carbocycles. The maximum Gasteiger partial charge on any atom is 0.159 e. The lowest BCUT2D eigenvalue weighted by Gasteiger charge is -2.35. The van der Waals surface area contributed by atoms with Gasteiger partial charge in [-0.2, -0.15) is 0 Å². The molecule has 2 aliphatic rings. The minimum Gasteiger partial charge on any atom is -0.454 e. The summed E-state index contributed by atoms with van der Waals surface area (Å²) in [5.74, 6) is 0.144. The van der Waals surface area contributed by atoms with Crippen LogP contribution in [0.5, 0.6) is 0 Å². The molecule has 0 saturated heterocycles. The van der Waals surface area contributed by atoms with Crippen molar-refractivity contribution in [2.24, 2.45) is 0 Å². The molecule has 1 aliphatic heterocycles. The maximum atomic E-state index is 6.79. The minimum atomic E-state index is 0.130. The summed E-state index contributed by atoms with van der Waals surface area (Å²) in [7, 11) is 0. The molecule has 1 aliphatic carbocycles. The number of thioether (sulfide) groups is 1. The van der Waals surface area contributed by atoms with Crippen molar-refractivity contribution in [1.82, 2.24) is 0 Å². The first-order valence-electron chi connectivity index (χ1n) is 22.5. The quantitative estimate of drug-likeness (QED) is 0.166. The molecule has 5 heteroatoms. The fraction of sp³-hybridized carbons (Fsp3) is 0.100.